The van der Waals surface area contributed by atoms with E-state index in [0.29, 0.717) is 12.8 Å². The molecule has 23 heavy (non-hydrogen) atoms. The molecule has 0 aromatic rings. The third-order valence-corrected chi connectivity index (χ3v) is 7.04. The van der Waals surface area contributed by atoms with Gasteiger partial charge >= 0.3 is 11.9 Å². The molecule has 1 saturated heterocycles. The number of rotatable bonds is 3. The van der Waals surface area contributed by atoms with Crippen molar-refractivity contribution in [2.45, 2.75) is 83.3 Å². The van der Waals surface area contributed by atoms with Gasteiger partial charge in [-0.15, -0.1) is 0 Å². The monoisotopic (exact) mass is 320 g/mol. The van der Waals surface area contributed by atoms with Crippen LogP contribution in [0, 0.1) is 23.2 Å². The van der Waals surface area contributed by atoms with Crippen LogP contribution < -0.4 is 0 Å². The van der Waals surface area contributed by atoms with E-state index in [1.54, 1.807) is 6.92 Å². The van der Waals surface area contributed by atoms with E-state index in [1.165, 1.54) is 19.3 Å². The van der Waals surface area contributed by atoms with E-state index in [2.05, 4.69) is 0 Å². The molecule has 1 aliphatic heterocycles. The third kappa shape index (κ3) is 2.32. The molecule has 0 spiro atoms. The molecular weight excluding hydrogens is 292 g/mol. The molecule has 0 radical (unpaired) electrons. The van der Waals surface area contributed by atoms with E-state index in [1.807, 2.05) is 13.8 Å². The molecule has 1 heterocycles. The molecule has 0 N–H and O–H groups in total. The first-order valence-electron chi connectivity index (χ1n) is 9.23. The molecule has 2 unspecified atom stereocenters. The Kier molecular flexibility index (Phi) is 3.18. The Hall–Kier alpha value is -1.06. The quantitative estimate of drug-likeness (QED) is 0.745. The maximum absolute atomic E-state index is 12.9. The van der Waals surface area contributed by atoms with Gasteiger partial charge in [-0.1, -0.05) is 6.92 Å². The molecule has 0 amide bonds. The first-order valence-corrected chi connectivity index (χ1v) is 9.23. The Balaban J connectivity index is 1.51. The van der Waals surface area contributed by atoms with E-state index in [0.717, 1.165) is 37.0 Å². The topological polar surface area (TPSA) is 52.6 Å². The van der Waals surface area contributed by atoms with Crippen LogP contribution in [0.5, 0.6) is 0 Å². The molecule has 5 fully saturated rings. The lowest BCUT2D eigenvalue weighted by molar-refractivity contribution is -0.205. The van der Waals surface area contributed by atoms with Gasteiger partial charge in [-0.3, -0.25) is 4.79 Å². The minimum absolute atomic E-state index is 0.259. The summed E-state index contributed by atoms with van der Waals surface area (Å²) in [4.78, 5) is 25.1. The lowest BCUT2D eigenvalue weighted by Crippen LogP contribution is -2.55. The van der Waals surface area contributed by atoms with Crippen LogP contribution in [-0.2, 0) is 19.1 Å². The van der Waals surface area contributed by atoms with Gasteiger partial charge in [0.1, 0.15) is 5.60 Å². The molecule has 5 aliphatic rings. The smallest absolute Gasteiger partial charge is 0.350 e. The molecule has 4 aliphatic carbocycles. The highest BCUT2D eigenvalue weighted by atomic mass is 16.6. The fraction of sp³-hybridized carbons (Fsp3) is 0.895. The summed E-state index contributed by atoms with van der Waals surface area (Å²) in [5.74, 6) is 1.62. The second-order valence-electron chi connectivity index (χ2n) is 9.20. The van der Waals surface area contributed by atoms with Crippen molar-refractivity contribution >= 4 is 11.9 Å². The number of hydrogen-bond donors (Lipinski definition) is 0. The highest BCUT2D eigenvalue weighted by molar-refractivity contribution is 5.89. The van der Waals surface area contributed by atoms with Gasteiger partial charge in [0.05, 0.1) is 5.41 Å². The Bertz CT molecular complexity index is 518. The van der Waals surface area contributed by atoms with Crippen LogP contribution in [0.25, 0.3) is 0 Å². The molecular formula is C19H28O4. The largest absolute Gasteiger partial charge is 0.456 e. The molecule has 4 heteroatoms. The second-order valence-corrected chi connectivity index (χ2v) is 9.20. The molecule has 4 saturated carbocycles. The maximum Gasteiger partial charge on any atom is 0.350 e. The normalized spacial score (nSPS) is 50.9. The van der Waals surface area contributed by atoms with Crippen LogP contribution in [0.4, 0.5) is 0 Å². The van der Waals surface area contributed by atoms with E-state index in [-0.39, 0.29) is 17.5 Å². The minimum Gasteiger partial charge on any atom is -0.456 e. The lowest BCUT2D eigenvalue weighted by atomic mass is 9.54. The summed E-state index contributed by atoms with van der Waals surface area (Å²) < 4.78 is 11.6. The van der Waals surface area contributed by atoms with Gasteiger partial charge in [0.25, 0.3) is 0 Å². The summed E-state index contributed by atoms with van der Waals surface area (Å²) in [5, 5.41) is 0. The summed E-state index contributed by atoms with van der Waals surface area (Å²) in [5.41, 5.74) is -1.94. The van der Waals surface area contributed by atoms with E-state index in [9.17, 15) is 9.59 Å². The fourth-order valence-corrected chi connectivity index (χ4v) is 6.02. The molecule has 0 aromatic heterocycles. The van der Waals surface area contributed by atoms with Crippen LogP contribution in [0.3, 0.4) is 0 Å². The van der Waals surface area contributed by atoms with Gasteiger partial charge in [0, 0.05) is 6.42 Å². The summed E-state index contributed by atoms with van der Waals surface area (Å²) in [6.07, 6.45) is 8.11. The van der Waals surface area contributed by atoms with Crippen molar-refractivity contribution in [1.82, 2.24) is 0 Å². The first-order chi connectivity index (χ1) is 10.8. The van der Waals surface area contributed by atoms with Gasteiger partial charge in [-0.25, -0.2) is 4.79 Å². The van der Waals surface area contributed by atoms with E-state index in [4.69, 9.17) is 9.47 Å². The molecule has 2 atom stereocenters. The molecule has 4 nitrogen and oxygen atoms in total. The maximum atomic E-state index is 12.9. The minimum atomic E-state index is -1.11. The Labute approximate surface area is 138 Å². The summed E-state index contributed by atoms with van der Waals surface area (Å²) in [7, 11) is 0. The van der Waals surface area contributed by atoms with Gasteiger partial charge < -0.3 is 9.47 Å². The van der Waals surface area contributed by atoms with Crippen molar-refractivity contribution < 1.29 is 19.1 Å². The number of esters is 2. The van der Waals surface area contributed by atoms with Crippen LogP contribution in [0.2, 0.25) is 0 Å². The molecule has 4 bridgehead atoms. The van der Waals surface area contributed by atoms with Crippen molar-refractivity contribution in [1.29, 1.82) is 0 Å². The molecule has 0 aromatic carbocycles. The van der Waals surface area contributed by atoms with Crippen molar-refractivity contribution in [2.24, 2.45) is 23.2 Å². The van der Waals surface area contributed by atoms with Crippen LogP contribution in [0.15, 0.2) is 0 Å². The fourth-order valence-electron chi connectivity index (χ4n) is 6.02. The van der Waals surface area contributed by atoms with Crippen LogP contribution in [0.1, 0.15) is 72.1 Å². The Morgan fingerprint density at radius 1 is 1.13 bits per heavy atom. The van der Waals surface area contributed by atoms with E-state index < -0.39 is 11.0 Å². The third-order valence-electron chi connectivity index (χ3n) is 7.04. The highest BCUT2D eigenvalue weighted by Gasteiger charge is 2.59. The number of carbonyl (C=O) groups excluding carboxylic acids is 2. The van der Waals surface area contributed by atoms with Crippen molar-refractivity contribution in [2.75, 3.05) is 0 Å². The Morgan fingerprint density at radius 2 is 1.65 bits per heavy atom. The van der Waals surface area contributed by atoms with E-state index >= 15 is 0 Å². The standard InChI is InChI=1S/C19H28O4/c1-4-17(2)11-18(3,22-15(17)20)16(21)23-19-8-12-5-13(9-19)7-14(6-12)10-19/h12-14H,4-11H2,1-3H3. The number of cyclic esters (lactones) is 1. The summed E-state index contributed by atoms with van der Waals surface area (Å²) >= 11 is 0. The zero-order valence-electron chi connectivity index (χ0n) is 14.5. The van der Waals surface area contributed by atoms with Crippen molar-refractivity contribution in [3.63, 3.8) is 0 Å². The summed E-state index contributed by atoms with van der Waals surface area (Å²) in [6, 6.07) is 0. The van der Waals surface area contributed by atoms with Crippen molar-refractivity contribution in [3.8, 4) is 0 Å². The van der Waals surface area contributed by atoms with Gasteiger partial charge in [0.2, 0.25) is 5.60 Å². The predicted molar refractivity (Wildman–Crippen MR) is 84.5 cm³/mol. The van der Waals surface area contributed by atoms with Gasteiger partial charge in [0.15, 0.2) is 0 Å². The predicted octanol–water partition coefficient (Wildman–Crippen LogP) is 3.62. The summed E-state index contributed by atoms with van der Waals surface area (Å²) in [6.45, 7) is 5.59. The second kappa shape index (κ2) is 4.73. The molecule has 128 valence electrons. The zero-order valence-corrected chi connectivity index (χ0v) is 14.5. The van der Waals surface area contributed by atoms with Crippen molar-refractivity contribution in [3.05, 3.63) is 0 Å². The average molecular weight is 320 g/mol. The van der Waals surface area contributed by atoms with Gasteiger partial charge in [-0.2, -0.15) is 0 Å². The number of hydrogen-bond acceptors (Lipinski definition) is 4. The number of ether oxygens (including phenoxy) is 2. The molecule has 5 rings (SSSR count). The average Bonchev–Trinajstić information content (AvgIpc) is 2.68. The lowest BCUT2D eigenvalue weighted by Gasteiger charge is -2.56. The first kappa shape index (κ1) is 15.5. The van der Waals surface area contributed by atoms with Crippen LogP contribution >= 0.6 is 0 Å². The Morgan fingerprint density at radius 3 is 2.09 bits per heavy atom. The van der Waals surface area contributed by atoms with Gasteiger partial charge in [-0.05, 0) is 76.5 Å². The zero-order chi connectivity index (χ0) is 16.5. The SMILES string of the molecule is CCC1(C)CC(C)(C(=O)OC23CC4CC(CC(C4)C2)C3)OC1=O. The number of carbonyl (C=O) groups is 2. The van der Waals surface area contributed by atoms with Crippen LogP contribution in [-0.4, -0.2) is 23.1 Å². The highest BCUT2D eigenvalue weighted by Crippen LogP contribution is 2.57.